The van der Waals surface area contributed by atoms with Gasteiger partial charge in [0.25, 0.3) is 0 Å². The van der Waals surface area contributed by atoms with Crippen LogP contribution in [0.5, 0.6) is 11.5 Å². The normalized spacial score (nSPS) is 11.2. The molecule has 0 radical (unpaired) electrons. The zero-order valence-corrected chi connectivity index (χ0v) is 32.4. The lowest BCUT2D eigenvalue weighted by Gasteiger charge is -2.12. The third-order valence-electron chi connectivity index (χ3n) is 9.82. The molecule has 0 aliphatic heterocycles. The molecule has 5 rings (SSSR count). The standard InChI is InChI=1S/C48H54O6/c1-5-7-9-11-13-15-31-53-39-24-17-35(18-25-39)19-28-41(36-20-26-40(27-21-36)54-32-16-14-12-10-8-6-2)46-44-33-37(47(49)51-3)22-29-42(44)43-30-23-38(34-45(43)46)48(50)52-4/h17-18,20-27,29-30,33-34H,5-16,31-32H2,1-4H3. The monoisotopic (exact) mass is 726 g/mol. The van der Waals surface area contributed by atoms with Crippen molar-refractivity contribution in [1.29, 1.82) is 0 Å². The second-order valence-corrected chi connectivity index (χ2v) is 13.8. The van der Waals surface area contributed by atoms with E-state index in [-0.39, 0.29) is 0 Å². The molecular formula is C48H54O6. The minimum absolute atomic E-state index is 0.428. The molecule has 0 saturated heterocycles. The third kappa shape index (κ3) is 10.7. The summed E-state index contributed by atoms with van der Waals surface area (Å²) in [5.74, 6) is 7.68. The van der Waals surface area contributed by atoms with Crippen molar-refractivity contribution in [3.05, 3.63) is 118 Å². The van der Waals surface area contributed by atoms with Crippen LogP contribution in [0, 0.1) is 11.8 Å². The van der Waals surface area contributed by atoms with Crippen LogP contribution in [0.25, 0.3) is 22.3 Å². The van der Waals surface area contributed by atoms with Gasteiger partial charge in [-0.3, -0.25) is 0 Å². The van der Waals surface area contributed by atoms with Crippen molar-refractivity contribution in [2.75, 3.05) is 27.4 Å². The smallest absolute Gasteiger partial charge is 0.337 e. The van der Waals surface area contributed by atoms with Crippen molar-refractivity contribution in [3.63, 3.8) is 0 Å². The Morgan fingerprint density at radius 3 is 1.39 bits per heavy atom. The average molecular weight is 727 g/mol. The number of unbranched alkanes of at least 4 members (excludes halogenated alkanes) is 10. The highest BCUT2D eigenvalue weighted by Gasteiger charge is 2.29. The molecule has 0 amide bonds. The van der Waals surface area contributed by atoms with E-state index in [2.05, 4.69) is 25.7 Å². The minimum atomic E-state index is -0.429. The maximum atomic E-state index is 12.7. The van der Waals surface area contributed by atoms with Crippen LogP contribution >= 0.6 is 0 Å². The summed E-state index contributed by atoms with van der Waals surface area (Å²) in [5, 5.41) is 0. The van der Waals surface area contributed by atoms with E-state index < -0.39 is 11.9 Å². The molecule has 6 nitrogen and oxygen atoms in total. The lowest BCUT2D eigenvalue weighted by molar-refractivity contribution is 0.0592. The van der Waals surface area contributed by atoms with Crippen molar-refractivity contribution in [2.24, 2.45) is 0 Å². The van der Waals surface area contributed by atoms with Gasteiger partial charge < -0.3 is 18.9 Å². The van der Waals surface area contributed by atoms with Gasteiger partial charge in [0.15, 0.2) is 0 Å². The number of rotatable bonds is 19. The van der Waals surface area contributed by atoms with Gasteiger partial charge >= 0.3 is 11.9 Å². The Morgan fingerprint density at radius 1 is 0.500 bits per heavy atom. The van der Waals surface area contributed by atoms with Gasteiger partial charge in [0.1, 0.15) is 11.5 Å². The van der Waals surface area contributed by atoms with E-state index in [0.29, 0.717) is 24.3 Å². The average Bonchev–Trinajstić information content (AvgIpc) is 3.53. The predicted octanol–water partition coefficient (Wildman–Crippen LogP) is 11.7. The zero-order valence-electron chi connectivity index (χ0n) is 32.4. The van der Waals surface area contributed by atoms with Crippen LogP contribution in [-0.4, -0.2) is 39.4 Å². The molecule has 1 aliphatic rings. The fraction of sp³-hybridized carbons (Fsp3) is 0.375. The van der Waals surface area contributed by atoms with Crippen LogP contribution in [0.15, 0.2) is 84.9 Å². The van der Waals surface area contributed by atoms with Crippen molar-refractivity contribution >= 4 is 23.1 Å². The number of carbonyl (C=O) groups is 2. The topological polar surface area (TPSA) is 71.1 Å². The molecule has 0 spiro atoms. The van der Waals surface area contributed by atoms with Crippen molar-refractivity contribution in [2.45, 2.75) is 90.9 Å². The van der Waals surface area contributed by atoms with Gasteiger partial charge in [-0.25, -0.2) is 9.59 Å². The van der Waals surface area contributed by atoms with E-state index in [1.54, 1.807) is 12.1 Å². The Hall–Kier alpha value is -5.28. The van der Waals surface area contributed by atoms with Crippen LogP contribution in [0.4, 0.5) is 0 Å². The second-order valence-electron chi connectivity index (χ2n) is 13.8. The summed E-state index contributed by atoms with van der Waals surface area (Å²) in [7, 11) is 2.75. The maximum absolute atomic E-state index is 12.7. The van der Waals surface area contributed by atoms with Crippen LogP contribution in [0.1, 0.15) is 134 Å². The molecule has 0 fully saturated rings. The van der Waals surface area contributed by atoms with Gasteiger partial charge in [0, 0.05) is 16.7 Å². The molecule has 54 heavy (non-hydrogen) atoms. The number of fused-ring (bicyclic) bond motifs is 3. The molecule has 282 valence electrons. The lowest BCUT2D eigenvalue weighted by atomic mass is 9.92. The first kappa shape index (κ1) is 39.9. The number of hydrogen-bond acceptors (Lipinski definition) is 6. The highest BCUT2D eigenvalue weighted by Crippen LogP contribution is 2.48. The maximum Gasteiger partial charge on any atom is 0.337 e. The van der Waals surface area contributed by atoms with E-state index in [4.69, 9.17) is 18.9 Å². The number of carbonyl (C=O) groups excluding carboxylic acids is 2. The van der Waals surface area contributed by atoms with Crippen molar-refractivity contribution in [3.8, 4) is 34.5 Å². The van der Waals surface area contributed by atoms with Crippen molar-refractivity contribution < 1.29 is 28.5 Å². The highest BCUT2D eigenvalue weighted by atomic mass is 16.5. The first-order valence-electron chi connectivity index (χ1n) is 19.7. The van der Waals surface area contributed by atoms with Crippen LogP contribution in [-0.2, 0) is 9.47 Å². The minimum Gasteiger partial charge on any atom is -0.494 e. The van der Waals surface area contributed by atoms with Crippen LogP contribution in [0.2, 0.25) is 0 Å². The quantitative estimate of drug-likeness (QED) is 0.0479. The van der Waals surface area contributed by atoms with E-state index in [1.807, 2.05) is 72.8 Å². The first-order chi connectivity index (χ1) is 26.5. The molecule has 0 bridgehead atoms. The number of hydrogen-bond donors (Lipinski definition) is 0. The van der Waals surface area contributed by atoms with Gasteiger partial charge in [0.05, 0.1) is 38.6 Å². The van der Waals surface area contributed by atoms with Gasteiger partial charge in [-0.15, -0.1) is 0 Å². The summed E-state index contributed by atoms with van der Waals surface area (Å²) >= 11 is 0. The molecule has 4 aromatic rings. The number of methoxy groups -OCH3 is 2. The summed E-state index contributed by atoms with van der Waals surface area (Å²) in [6.07, 6.45) is 14.5. The third-order valence-corrected chi connectivity index (χ3v) is 9.82. The molecule has 0 aromatic heterocycles. The molecule has 0 N–H and O–H groups in total. The van der Waals surface area contributed by atoms with Gasteiger partial charge in [-0.05, 0) is 101 Å². The SMILES string of the molecule is CCCCCCCCOc1ccc(C#CC(=C2c3cc(C(=O)OC)ccc3-c3ccc(C(=O)OC)cc32)c2ccc(OCCCCCCCC)cc2)cc1. The molecule has 4 aromatic carbocycles. The number of benzene rings is 4. The van der Waals surface area contributed by atoms with Crippen molar-refractivity contribution in [1.82, 2.24) is 0 Å². The molecule has 0 unspecified atom stereocenters. The molecule has 0 atom stereocenters. The number of ether oxygens (including phenoxy) is 4. The Kier molecular flexibility index (Phi) is 15.4. The van der Waals surface area contributed by atoms with Crippen LogP contribution < -0.4 is 9.47 Å². The molecule has 0 heterocycles. The highest BCUT2D eigenvalue weighted by molar-refractivity contribution is 6.15. The molecular weight excluding hydrogens is 673 g/mol. The Labute approximate surface area is 321 Å². The molecule has 6 heteroatoms. The molecule has 1 aliphatic carbocycles. The van der Waals surface area contributed by atoms with E-state index in [0.717, 1.165) is 75.3 Å². The predicted molar refractivity (Wildman–Crippen MR) is 218 cm³/mol. The summed E-state index contributed by atoms with van der Waals surface area (Å²) in [5.41, 5.74) is 7.70. The van der Waals surface area contributed by atoms with Gasteiger partial charge in [-0.1, -0.05) is 114 Å². The van der Waals surface area contributed by atoms with E-state index in [9.17, 15) is 9.59 Å². The van der Waals surface area contributed by atoms with Gasteiger partial charge in [0.2, 0.25) is 0 Å². The Balaban J connectivity index is 1.51. The summed E-state index contributed by atoms with van der Waals surface area (Å²) in [6, 6.07) is 27.0. The summed E-state index contributed by atoms with van der Waals surface area (Å²) < 4.78 is 22.3. The second kappa shape index (κ2) is 20.8. The van der Waals surface area contributed by atoms with E-state index >= 15 is 0 Å². The summed E-state index contributed by atoms with van der Waals surface area (Å²) in [6.45, 7) is 5.84. The largest absolute Gasteiger partial charge is 0.494 e. The number of esters is 2. The Morgan fingerprint density at radius 2 is 0.926 bits per heavy atom. The fourth-order valence-corrected chi connectivity index (χ4v) is 6.79. The summed E-state index contributed by atoms with van der Waals surface area (Å²) in [4.78, 5) is 25.5. The molecule has 0 saturated carbocycles. The Bertz CT molecular complexity index is 1870. The first-order valence-corrected chi connectivity index (χ1v) is 19.7. The number of allylic oxidation sites excluding steroid dienone is 1. The zero-order chi connectivity index (χ0) is 38.1. The van der Waals surface area contributed by atoms with Gasteiger partial charge in [-0.2, -0.15) is 0 Å². The lowest BCUT2D eigenvalue weighted by Crippen LogP contribution is -2.02. The fourth-order valence-electron chi connectivity index (χ4n) is 6.79. The van der Waals surface area contributed by atoms with E-state index in [1.165, 1.54) is 72.0 Å². The van der Waals surface area contributed by atoms with Crippen LogP contribution in [0.3, 0.4) is 0 Å².